The molecule has 0 fully saturated rings. The topological polar surface area (TPSA) is 29.1 Å². The Morgan fingerprint density at radius 2 is 2.22 bits per heavy atom. The molecule has 0 aromatic carbocycles. The highest BCUT2D eigenvalue weighted by Crippen LogP contribution is 1.97. The van der Waals surface area contributed by atoms with Crippen LogP contribution in [0.2, 0.25) is 0 Å². The highest BCUT2D eigenvalue weighted by Gasteiger charge is 1.96. The number of amides is 1. The molecule has 0 aliphatic heterocycles. The van der Waals surface area contributed by atoms with Crippen LogP contribution in [-0.4, -0.2) is 5.91 Å². The van der Waals surface area contributed by atoms with Gasteiger partial charge in [0.1, 0.15) is 0 Å². The zero-order valence-corrected chi connectivity index (χ0v) is 5.61. The summed E-state index contributed by atoms with van der Waals surface area (Å²) in [6.45, 7) is 2.04. The average Bonchev–Trinajstić information content (AvgIpc) is 1.89. The zero-order valence-electron chi connectivity index (χ0n) is 5.61. The quantitative estimate of drug-likeness (QED) is 0.457. The average molecular weight is 133 g/mol. The SMILES string of the molecule is CCCCCC(=O)NF. The molecule has 0 aromatic heterocycles. The molecule has 0 saturated heterocycles. The predicted molar refractivity (Wildman–Crippen MR) is 33.4 cm³/mol. The number of nitrogens with one attached hydrogen (secondary N) is 1. The van der Waals surface area contributed by atoms with Gasteiger partial charge < -0.3 is 0 Å². The fourth-order valence-electron chi connectivity index (χ4n) is 0.583. The van der Waals surface area contributed by atoms with Crippen LogP contribution in [0, 0.1) is 0 Å². The molecule has 0 bridgehead atoms. The molecule has 0 atom stereocenters. The Bertz CT molecular complexity index is 85.1. The lowest BCUT2D eigenvalue weighted by molar-refractivity contribution is -0.125. The Balaban J connectivity index is 2.97. The van der Waals surface area contributed by atoms with E-state index in [4.69, 9.17) is 0 Å². The van der Waals surface area contributed by atoms with Crippen LogP contribution in [-0.2, 0) is 4.79 Å². The second-order valence-corrected chi connectivity index (χ2v) is 1.97. The summed E-state index contributed by atoms with van der Waals surface area (Å²) in [7, 11) is 0. The Kier molecular flexibility index (Phi) is 5.17. The van der Waals surface area contributed by atoms with Gasteiger partial charge in [0, 0.05) is 6.42 Å². The zero-order chi connectivity index (χ0) is 7.11. The van der Waals surface area contributed by atoms with E-state index in [9.17, 15) is 9.28 Å². The maximum Gasteiger partial charge on any atom is 0.247 e. The maximum absolute atomic E-state index is 11.2. The minimum atomic E-state index is -0.511. The number of hydrogen-bond acceptors (Lipinski definition) is 1. The van der Waals surface area contributed by atoms with Gasteiger partial charge in [-0.1, -0.05) is 19.8 Å². The number of rotatable bonds is 4. The minimum absolute atomic E-state index is 0.310. The third-order valence-corrected chi connectivity index (χ3v) is 1.11. The molecule has 0 saturated carbocycles. The molecular formula is C6H12FNO. The summed E-state index contributed by atoms with van der Waals surface area (Å²) < 4.78 is 11.2. The molecule has 0 aromatic rings. The van der Waals surface area contributed by atoms with Crippen molar-refractivity contribution >= 4 is 5.91 Å². The number of hydrogen-bond donors (Lipinski definition) is 1. The highest BCUT2D eigenvalue weighted by atomic mass is 19.2. The number of unbranched alkanes of at least 4 members (excludes halogenated alkanes) is 2. The summed E-state index contributed by atoms with van der Waals surface area (Å²) in [6.07, 6.45) is 3.14. The Morgan fingerprint density at radius 3 is 2.67 bits per heavy atom. The fraction of sp³-hybridized carbons (Fsp3) is 0.833. The third-order valence-electron chi connectivity index (χ3n) is 1.11. The molecule has 0 aliphatic carbocycles. The Labute approximate surface area is 54.4 Å². The lowest BCUT2D eigenvalue weighted by atomic mass is 10.2. The summed E-state index contributed by atoms with van der Waals surface area (Å²) in [6, 6.07) is 0. The van der Waals surface area contributed by atoms with Gasteiger partial charge in [-0.3, -0.25) is 4.79 Å². The molecule has 0 spiro atoms. The van der Waals surface area contributed by atoms with E-state index in [1.54, 1.807) is 0 Å². The van der Waals surface area contributed by atoms with E-state index in [1.165, 1.54) is 0 Å². The molecule has 1 N–H and O–H groups in total. The van der Waals surface area contributed by atoms with Crippen LogP contribution in [0.15, 0.2) is 0 Å². The molecule has 0 heterocycles. The minimum Gasteiger partial charge on any atom is -0.273 e. The van der Waals surface area contributed by atoms with Crippen LogP contribution < -0.4 is 5.54 Å². The van der Waals surface area contributed by atoms with E-state index in [0.29, 0.717) is 6.42 Å². The van der Waals surface area contributed by atoms with Crippen molar-refractivity contribution in [1.29, 1.82) is 0 Å². The maximum atomic E-state index is 11.2. The summed E-state index contributed by atoms with van der Waals surface area (Å²) >= 11 is 0. The first-order valence-corrected chi connectivity index (χ1v) is 3.20. The molecule has 3 heteroatoms. The number of carbonyl (C=O) groups is 1. The van der Waals surface area contributed by atoms with Gasteiger partial charge in [0.25, 0.3) is 0 Å². The normalized spacial score (nSPS) is 9.11. The number of carbonyl (C=O) groups excluding carboxylic acids is 1. The van der Waals surface area contributed by atoms with E-state index in [1.807, 2.05) is 6.92 Å². The molecule has 2 nitrogen and oxygen atoms in total. The van der Waals surface area contributed by atoms with Crippen LogP contribution in [0.3, 0.4) is 0 Å². The van der Waals surface area contributed by atoms with Crippen LogP contribution in [0.4, 0.5) is 4.48 Å². The lowest BCUT2D eigenvalue weighted by Crippen LogP contribution is -2.12. The van der Waals surface area contributed by atoms with E-state index in [2.05, 4.69) is 0 Å². The van der Waals surface area contributed by atoms with Crippen molar-refractivity contribution in [2.45, 2.75) is 32.6 Å². The first-order chi connectivity index (χ1) is 4.31. The first-order valence-electron chi connectivity index (χ1n) is 3.20. The molecule has 9 heavy (non-hydrogen) atoms. The van der Waals surface area contributed by atoms with Gasteiger partial charge >= 0.3 is 0 Å². The van der Waals surface area contributed by atoms with Crippen molar-refractivity contribution in [1.82, 2.24) is 5.54 Å². The highest BCUT2D eigenvalue weighted by molar-refractivity contribution is 5.74. The molecule has 0 radical (unpaired) electrons. The Morgan fingerprint density at radius 1 is 1.56 bits per heavy atom. The van der Waals surface area contributed by atoms with Crippen molar-refractivity contribution in [3.63, 3.8) is 0 Å². The first kappa shape index (κ1) is 8.40. The van der Waals surface area contributed by atoms with Gasteiger partial charge in [0.05, 0.1) is 0 Å². The summed E-state index contributed by atoms with van der Waals surface area (Å²) in [5.41, 5.74) is 1.08. The van der Waals surface area contributed by atoms with Crippen LogP contribution in [0.25, 0.3) is 0 Å². The predicted octanol–water partition coefficient (Wildman–Crippen LogP) is 1.57. The van der Waals surface area contributed by atoms with Crippen molar-refractivity contribution in [2.24, 2.45) is 0 Å². The van der Waals surface area contributed by atoms with Crippen molar-refractivity contribution < 1.29 is 9.28 Å². The standard InChI is InChI=1S/C6H12FNO/c1-2-3-4-5-6(9)8-7/h2-5H2,1H3,(H,8,9). The summed E-state index contributed by atoms with van der Waals surface area (Å²) in [5, 5.41) is 0. The van der Waals surface area contributed by atoms with Crippen molar-refractivity contribution in [2.75, 3.05) is 0 Å². The van der Waals surface area contributed by atoms with Crippen molar-refractivity contribution in [3.8, 4) is 0 Å². The van der Waals surface area contributed by atoms with Gasteiger partial charge in [-0.25, -0.2) is 0 Å². The molecule has 54 valence electrons. The van der Waals surface area contributed by atoms with Gasteiger partial charge in [0.15, 0.2) is 0 Å². The van der Waals surface area contributed by atoms with Crippen molar-refractivity contribution in [3.05, 3.63) is 0 Å². The second kappa shape index (κ2) is 5.54. The van der Waals surface area contributed by atoms with E-state index >= 15 is 0 Å². The molecular weight excluding hydrogens is 121 g/mol. The van der Waals surface area contributed by atoms with Gasteiger partial charge in [0.2, 0.25) is 5.91 Å². The number of halogens is 1. The van der Waals surface area contributed by atoms with E-state index in [0.717, 1.165) is 24.8 Å². The van der Waals surface area contributed by atoms with E-state index in [-0.39, 0.29) is 0 Å². The van der Waals surface area contributed by atoms with Crippen LogP contribution >= 0.6 is 0 Å². The molecule has 0 aliphatic rings. The van der Waals surface area contributed by atoms with Gasteiger partial charge in [-0.15, -0.1) is 4.48 Å². The van der Waals surface area contributed by atoms with Crippen LogP contribution in [0.5, 0.6) is 0 Å². The Hall–Kier alpha value is -0.600. The largest absolute Gasteiger partial charge is 0.273 e. The van der Waals surface area contributed by atoms with Gasteiger partial charge in [-0.2, -0.15) is 5.54 Å². The molecule has 0 rings (SSSR count). The summed E-state index contributed by atoms with van der Waals surface area (Å²) in [5.74, 6) is -0.511. The lowest BCUT2D eigenvalue weighted by Gasteiger charge is -1.93. The fourth-order valence-corrected chi connectivity index (χ4v) is 0.583. The third kappa shape index (κ3) is 5.27. The summed E-state index contributed by atoms with van der Waals surface area (Å²) in [4.78, 5) is 10.2. The smallest absolute Gasteiger partial charge is 0.247 e. The van der Waals surface area contributed by atoms with E-state index < -0.39 is 5.91 Å². The molecule has 1 amide bonds. The second-order valence-electron chi connectivity index (χ2n) is 1.97. The molecule has 0 unspecified atom stereocenters. The van der Waals surface area contributed by atoms with Crippen LogP contribution in [0.1, 0.15) is 32.6 Å². The van der Waals surface area contributed by atoms with Gasteiger partial charge in [-0.05, 0) is 6.42 Å². The monoisotopic (exact) mass is 133 g/mol.